The third kappa shape index (κ3) is 4.14. The number of aliphatic hydroxyl groups excluding tert-OH is 1. The predicted octanol–water partition coefficient (Wildman–Crippen LogP) is -0.160. The van der Waals surface area contributed by atoms with Gasteiger partial charge in [0.25, 0.3) is 0 Å². The lowest BCUT2D eigenvalue weighted by Crippen LogP contribution is -2.44. The van der Waals surface area contributed by atoms with Gasteiger partial charge in [-0.3, -0.25) is 19.3 Å². The quantitative estimate of drug-likeness (QED) is 0.536. The Balaban J connectivity index is 2.43. The number of piperidine rings is 1. The molecule has 2 amide bonds. The minimum atomic E-state index is -1.06. The number of carbonyl (C=O) groups excluding carboxylic acids is 3. The molecular formula is C11H17NO5. The minimum Gasteiger partial charge on any atom is -0.466 e. The van der Waals surface area contributed by atoms with Crippen LogP contribution in [0.1, 0.15) is 32.6 Å². The van der Waals surface area contributed by atoms with Gasteiger partial charge in [-0.2, -0.15) is 0 Å². The molecule has 1 rings (SSSR count). The van der Waals surface area contributed by atoms with Gasteiger partial charge in [-0.05, 0) is 13.3 Å². The zero-order chi connectivity index (χ0) is 12.8. The molecule has 1 heterocycles. The van der Waals surface area contributed by atoms with Crippen LogP contribution in [0.4, 0.5) is 0 Å². The number of β-amino-alcohol motifs (C(OH)–C–C–N with tert-alkyl or cyclic N) is 1. The SMILES string of the molecule is CCOC(=O)CC(O)CN1C(=O)CCCC1=O. The third-order valence-electron chi connectivity index (χ3n) is 2.48. The summed E-state index contributed by atoms with van der Waals surface area (Å²) in [6.45, 7) is 1.78. The first-order valence-corrected chi connectivity index (χ1v) is 5.71. The van der Waals surface area contributed by atoms with Crippen LogP contribution < -0.4 is 0 Å². The second kappa shape index (κ2) is 6.34. The Morgan fingerprint density at radius 1 is 1.41 bits per heavy atom. The van der Waals surface area contributed by atoms with Gasteiger partial charge < -0.3 is 9.84 Å². The van der Waals surface area contributed by atoms with Crippen LogP contribution >= 0.6 is 0 Å². The van der Waals surface area contributed by atoms with Gasteiger partial charge in [0.2, 0.25) is 11.8 Å². The Hall–Kier alpha value is -1.43. The van der Waals surface area contributed by atoms with Crippen molar-refractivity contribution in [1.29, 1.82) is 0 Å². The van der Waals surface area contributed by atoms with Crippen LogP contribution in [0.3, 0.4) is 0 Å². The number of rotatable bonds is 5. The van der Waals surface area contributed by atoms with Crippen molar-refractivity contribution in [2.24, 2.45) is 0 Å². The van der Waals surface area contributed by atoms with Gasteiger partial charge in [-0.15, -0.1) is 0 Å². The number of amides is 2. The number of hydrogen-bond donors (Lipinski definition) is 1. The molecule has 1 saturated heterocycles. The minimum absolute atomic E-state index is 0.128. The summed E-state index contributed by atoms with van der Waals surface area (Å²) in [5.41, 5.74) is 0. The summed E-state index contributed by atoms with van der Waals surface area (Å²) in [7, 11) is 0. The monoisotopic (exact) mass is 243 g/mol. The first kappa shape index (κ1) is 13.6. The molecule has 0 bridgehead atoms. The maximum absolute atomic E-state index is 11.4. The highest BCUT2D eigenvalue weighted by molar-refractivity contribution is 5.97. The summed E-state index contributed by atoms with van der Waals surface area (Å²) in [6.07, 6.45) is -0.0666. The van der Waals surface area contributed by atoms with E-state index in [2.05, 4.69) is 4.74 Å². The van der Waals surface area contributed by atoms with E-state index in [1.165, 1.54) is 0 Å². The fraction of sp³-hybridized carbons (Fsp3) is 0.727. The lowest BCUT2D eigenvalue weighted by molar-refractivity contribution is -0.153. The summed E-state index contributed by atoms with van der Waals surface area (Å²) in [6, 6.07) is 0. The van der Waals surface area contributed by atoms with Gasteiger partial charge in [-0.1, -0.05) is 0 Å². The number of imide groups is 1. The molecule has 1 N–H and O–H groups in total. The molecule has 0 aromatic heterocycles. The number of aliphatic hydroxyl groups is 1. The van der Waals surface area contributed by atoms with E-state index < -0.39 is 12.1 Å². The standard InChI is InChI=1S/C11H17NO5/c1-2-17-11(16)6-8(13)7-12-9(14)4-3-5-10(12)15/h8,13H,2-7H2,1H3. The lowest BCUT2D eigenvalue weighted by atomic mass is 10.1. The second-order valence-electron chi connectivity index (χ2n) is 3.91. The van der Waals surface area contributed by atoms with Crippen molar-refractivity contribution in [1.82, 2.24) is 4.90 Å². The van der Waals surface area contributed by atoms with Crippen LogP contribution in [0, 0.1) is 0 Å². The topological polar surface area (TPSA) is 83.9 Å². The van der Waals surface area contributed by atoms with Crippen molar-refractivity contribution in [2.75, 3.05) is 13.2 Å². The van der Waals surface area contributed by atoms with Crippen LogP contribution in [0.15, 0.2) is 0 Å². The van der Waals surface area contributed by atoms with Crippen molar-refractivity contribution in [3.63, 3.8) is 0 Å². The van der Waals surface area contributed by atoms with Crippen molar-refractivity contribution < 1.29 is 24.2 Å². The predicted molar refractivity (Wildman–Crippen MR) is 57.8 cm³/mol. The van der Waals surface area contributed by atoms with Crippen LogP contribution in [0.25, 0.3) is 0 Å². The van der Waals surface area contributed by atoms with Crippen molar-refractivity contribution in [3.8, 4) is 0 Å². The number of nitrogens with zero attached hydrogens (tertiary/aromatic N) is 1. The molecule has 6 nitrogen and oxygen atoms in total. The van der Waals surface area contributed by atoms with Gasteiger partial charge in [-0.25, -0.2) is 0 Å². The fourth-order valence-corrected chi connectivity index (χ4v) is 1.69. The molecule has 0 aliphatic carbocycles. The Morgan fingerprint density at radius 3 is 2.53 bits per heavy atom. The zero-order valence-electron chi connectivity index (χ0n) is 9.85. The van der Waals surface area contributed by atoms with Crippen LogP contribution in [0.5, 0.6) is 0 Å². The highest BCUT2D eigenvalue weighted by atomic mass is 16.5. The van der Waals surface area contributed by atoms with Crippen molar-refractivity contribution >= 4 is 17.8 Å². The second-order valence-corrected chi connectivity index (χ2v) is 3.91. The van der Waals surface area contributed by atoms with Gasteiger partial charge in [0, 0.05) is 12.8 Å². The molecule has 0 aromatic rings. The molecule has 17 heavy (non-hydrogen) atoms. The first-order valence-electron chi connectivity index (χ1n) is 5.71. The summed E-state index contributed by atoms with van der Waals surface area (Å²) in [5, 5.41) is 9.59. The van der Waals surface area contributed by atoms with E-state index in [1.54, 1.807) is 6.92 Å². The number of esters is 1. The molecule has 0 saturated carbocycles. The van der Waals surface area contributed by atoms with E-state index in [0.717, 1.165) is 4.90 Å². The number of likely N-dealkylation sites (tertiary alicyclic amines) is 1. The molecule has 1 aliphatic rings. The van der Waals surface area contributed by atoms with Crippen LogP contribution in [-0.2, 0) is 19.1 Å². The van der Waals surface area contributed by atoms with E-state index in [1.807, 2.05) is 0 Å². The number of carbonyl (C=O) groups is 3. The molecule has 1 fully saturated rings. The number of hydrogen-bond acceptors (Lipinski definition) is 5. The van der Waals surface area contributed by atoms with E-state index in [0.29, 0.717) is 19.3 Å². The average molecular weight is 243 g/mol. The Morgan fingerprint density at radius 2 is 2.00 bits per heavy atom. The smallest absolute Gasteiger partial charge is 0.308 e. The van der Waals surface area contributed by atoms with Crippen LogP contribution in [0.2, 0.25) is 0 Å². The normalized spacial score (nSPS) is 18.1. The summed E-state index contributed by atoms with van der Waals surface area (Å²) in [5.74, 6) is -1.11. The molecular weight excluding hydrogens is 226 g/mol. The summed E-state index contributed by atoms with van der Waals surface area (Å²) < 4.78 is 4.67. The van der Waals surface area contributed by atoms with Crippen molar-refractivity contribution in [3.05, 3.63) is 0 Å². The third-order valence-corrected chi connectivity index (χ3v) is 2.48. The molecule has 6 heteroatoms. The maximum atomic E-state index is 11.4. The highest BCUT2D eigenvalue weighted by Crippen LogP contribution is 2.13. The molecule has 96 valence electrons. The zero-order valence-corrected chi connectivity index (χ0v) is 9.85. The Kier molecular flexibility index (Phi) is 5.09. The van der Waals surface area contributed by atoms with E-state index in [9.17, 15) is 19.5 Å². The van der Waals surface area contributed by atoms with Gasteiger partial charge in [0.1, 0.15) is 0 Å². The number of ether oxygens (including phenoxy) is 1. The summed E-state index contributed by atoms with van der Waals surface area (Å²) in [4.78, 5) is 35.0. The van der Waals surface area contributed by atoms with Gasteiger partial charge >= 0.3 is 5.97 Å². The molecule has 0 aromatic carbocycles. The molecule has 1 aliphatic heterocycles. The van der Waals surface area contributed by atoms with Gasteiger partial charge in [0.15, 0.2) is 0 Å². The maximum Gasteiger partial charge on any atom is 0.308 e. The Bertz CT molecular complexity index is 299. The van der Waals surface area contributed by atoms with E-state index >= 15 is 0 Å². The van der Waals surface area contributed by atoms with Crippen LogP contribution in [-0.4, -0.2) is 47.0 Å². The lowest BCUT2D eigenvalue weighted by Gasteiger charge is -2.26. The first-order chi connectivity index (χ1) is 8.04. The molecule has 0 spiro atoms. The molecule has 0 radical (unpaired) electrons. The summed E-state index contributed by atoms with van der Waals surface area (Å²) >= 11 is 0. The largest absolute Gasteiger partial charge is 0.466 e. The highest BCUT2D eigenvalue weighted by Gasteiger charge is 2.28. The molecule has 1 unspecified atom stereocenters. The van der Waals surface area contributed by atoms with Gasteiger partial charge in [0.05, 0.1) is 25.7 Å². The Labute approximate surface area is 99.5 Å². The van der Waals surface area contributed by atoms with E-state index in [-0.39, 0.29) is 31.4 Å². The average Bonchev–Trinajstić information content (AvgIpc) is 2.24. The van der Waals surface area contributed by atoms with E-state index in [4.69, 9.17) is 0 Å². The molecule has 1 atom stereocenters. The van der Waals surface area contributed by atoms with Crippen molar-refractivity contribution in [2.45, 2.75) is 38.7 Å². The fourth-order valence-electron chi connectivity index (χ4n) is 1.69.